The van der Waals surface area contributed by atoms with Crippen LogP contribution >= 0.6 is 0 Å². The molecule has 12 rings (SSSR count). The smallest absolute Gasteiger partial charge is 0.238 e. The van der Waals surface area contributed by atoms with Crippen molar-refractivity contribution < 1.29 is 32.9 Å². The van der Waals surface area contributed by atoms with Crippen LogP contribution in [0.25, 0.3) is 111 Å². The van der Waals surface area contributed by atoms with Gasteiger partial charge in [0, 0.05) is 38.2 Å². The van der Waals surface area contributed by atoms with Gasteiger partial charge in [-0.05, 0) is 58.1 Å². The monoisotopic (exact) mass is 815 g/mol. The van der Waals surface area contributed by atoms with Gasteiger partial charge in [-0.2, -0.15) is 9.97 Å². The molecule has 0 spiro atoms. The molecule has 0 aliphatic carbocycles. The fourth-order valence-corrected chi connectivity index (χ4v) is 7.58. The highest BCUT2D eigenvalue weighted by molar-refractivity contribution is 6.24. The van der Waals surface area contributed by atoms with Gasteiger partial charge in [-0.15, -0.1) is 0 Å². The van der Waals surface area contributed by atoms with Gasteiger partial charge in [0.1, 0.15) is 0 Å². The van der Waals surface area contributed by atoms with Gasteiger partial charge in [0.25, 0.3) is 0 Å². The first-order valence-corrected chi connectivity index (χ1v) is 19.0. The summed E-state index contributed by atoms with van der Waals surface area (Å²) in [6.07, 6.45) is 0. The first kappa shape index (κ1) is 18.9. The Balaban J connectivity index is 1.38. The average Bonchev–Trinajstić information content (AvgIpc) is 1.49. The molecule has 0 aliphatic heterocycles. The van der Waals surface area contributed by atoms with Gasteiger partial charge in [-0.3, -0.25) is 4.57 Å². The Morgan fingerprint density at radius 2 is 0.919 bits per heavy atom. The number of benzene rings is 9. The minimum absolute atomic E-state index is 0.0252. The minimum atomic E-state index is -1.11. The lowest BCUT2D eigenvalue weighted by atomic mass is 9.97. The van der Waals surface area contributed by atoms with E-state index in [2.05, 4.69) is 0 Å². The number of hydrogen-bond donors (Lipinski definition) is 0. The second-order valence-corrected chi connectivity index (χ2v) is 13.8. The second-order valence-electron chi connectivity index (χ2n) is 13.8. The SMILES string of the molecule is [2H]c1ccc(-c2cccc(-c3nc(-c4ccccc4)nc(-n4c5c([2H])c([2H])c([2H])c([2H])c5c5c([2H])c([2H])c6c7c([2H])c([2H])c([2H])c([2H])c7n(-c7c([2H])c([2H])c(-c8c([2H])c([2H])c([2H])c([2H])c8[2H])c([2H])c7-c7c([2H])c([2H])c([2H])c([2H])c7[2H])c6c54)n3)c2)cc1. The van der Waals surface area contributed by atoms with E-state index in [9.17, 15) is 15.1 Å². The van der Waals surface area contributed by atoms with Crippen molar-refractivity contribution in [3.05, 3.63) is 224 Å². The number of para-hydroxylation sites is 2. The van der Waals surface area contributed by atoms with Crippen LogP contribution in [0, 0.1) is 0 Å². The molecule has 5 heteroatoms. The van der Waals surface area contributed by atoms with Crippen LogP contribution in [0.15, 0.2) is 224 Å². The summed E-state index contributed by atoms with van der Waals surface area (Å²) in [5.74, 6) is -0.502. The number of rotatable bonds is 7. The number of nitrogens with zero attached hydrogens (tertiary/aromatic N) is 5. The highest BCUT2D eigenvalue weighted by Crippen LogP contribution is 2.44. The zero-order valence-corrected chi connectivity index (χ0v) is 31.7. The Morgan fingerprint density at radius 1 is 0.355 bits per heavy atom. The molecule has 0 unspecified atom stereocenters. The van der Waals surface area contributed by atoms with Crippen molar-refractivity contribution in [1.82, 2.24) is 24.1 Å². The largest absolute Gasteiger partial charge is 0.307 e. The maximum absolute atomic E-state index is 10.2. The van der Waals surface area contributed by atoms with Crippen LogP contribution in [0.3, 0.4) is 0 Å². The van der Waals surface area contributed by atoms with Crippen molar-refractivity contribution >= 4 is 43.6 Å². The van der Waals surface area contributed by atoms with Crippen molar-refractivity contribution in [3.8, 4) is 67.8 Å². The van der Waals surface area contributed by atoms with Crippen LogP contribution in [0.1, 0.15) is 32.9 Å². The Labute approximate surface area is 392 Å². The summed E-state index contributed by atoms with van der Waals surface area (Å²) in [7, 11) is 0. The highest BCUT2D eigenvalue weighted by Gasteiger charge is 2.25. The molecule has 3 aromatic heterocycles. The lowest BCUT2D eigenvalue weighted by Crippen LogP contribution is -2.07. The molecule has 62 heavy (non-hydrogen) atoms. The predicted octanol–water partition coefficient (Wildman–Crippen LogP) is 14.4. The van der Waals surface area contributed by atoms with E-state index in [1.807, 2.05) is 6.07 Å². The van der Waals surface area contributed by atoms with E-state index in [1.165, 1.54) is 0 Å². The summed E-state index contributed by atoms with van der Waals surface area (Å²) in [5.41, 5.74) is -4.25. The van der Waals surface area contributed by atoms with Gasteiger partial charge in [0.05, 0.1) is 60.7 Å². The van der Waals surface area contributed by atoms with Crippen LogP contribution in [-0.4, -0.2) is 24.1 Å². The topological polar surface area (TPSA) is 48.5 Å². The molecule has 0 N–H and O–H groups in total. The third-order valence-corrected chi connectivity index (χ3v) is 10.3. The second kappa shape index (κ2) is 14.7. The number of hydrogen-bond acceptors (Lipinski definition) is 3. The first-order valence-electron chi connectivity index (χ1n) is 31.0. The third-order valence-electron chi connectivity index (χ3n) is 10.3. The molecule has 3 heterocycles. The Kier molecular flexibility index (Phi) is 4.48. The number of aromatic nitrogens is 5. The lowest BCUT2D eigenvalue weighted by molar-refractivity contribution is 0.953. The summed E-state index contributed by atoms with van der Waals surface area (Å²) in [4.78, 5) is 14.8. The van der Waals surface area contributed by atoms with E-state index < -0.39 is 216 Å². The fraction of sp³-hybridized carbons (Fsp3) is 0. The van der Waals surface area contributed by atoms with Crippen LogP contribution in [-0.2, 0) is 0 Å². The van der Waals surface area contributed by atoms with Gasteiger partial charge >= 0.3 is 0 Å². The zero-order chi connectivity index (χ0) is 61.9. The van der Waals surface area contributed by atoms with Crippen LogP contribution in [0.5, 0.6) is 0 Å². The Bertz CT molecular complexity index is 4990. The van der Waals surface area contributed by atoms with E-state index in [0.717, 1.165) is 9.13 Å². The molecule has 0 atom stereocenters. The van der Waals surface area contributed by atoms with E-state index in [0.29, 0.717) is 22.3 Å². The first-order chi connectivity index (χ1) is 40.7. The molecular formula is C57H37N5. The van der Waals surface area contributed by atoms with E-state index >= 15 is 0 Å². The normalized spacial score (nSPS) is 17.0. The molecule has 0 aliphatic rings. The maximum atomic E-state index is 10.2. The van der Waals surface area contributed by atoms with Crippen molar-refractivity contribution in [1.29, 1.82) is 0 Å². The molecular weight excluding hydrogens is 755 g/mol. The van der Waals surface area contributed by atoms with Crippen molar-refractivity contribution in [2.24, 2.45) is 0 Å². The molecule has 0 saturated heterocycles. The van der Waals surface area contributed by atoms with Gasteiger partial charge in [0.2, 0.25) is 5.95 Å². The molecule has 0 amide bonds. The molecule has 290 valence electrons. The quantitative estimate of drug-likeness (QED) is 0.161. The van der Waals surface area contributed by atoms with E-state index in [1.54, 1.807) is 72.8 Å². The predicted molar refractivity (Wildman–Crippen MR) is 256 cm³/mol. The maximum Gasteiger partial charge on any atom is 0.238 e. The van der Waals surface area contributed by atoms with Crippen LogP contribution < -0.4 is 0 Å². The van der Waals surface area contributed by atoms with Gasteiger partial charge in [-0.25, -0.2) is 4.98 Å². The molecule has 0 bridgehead atoms. The van der Waals surface area contributed by atoms with Gasteiger partial charge < -0.3 is 4.57 Å². The standard InChI is InChI=1S/C57H37N5/c1-5-18-38(19-6-1)42-26-17-27-44(36-42)56-58-55(41-24-11-4-12-25-41)59-57(60-56)62-51-31-16-14-29-46(51)48-34-33-47-45-28-13-15-30-50(45)61(53(47)54(48)62)52-35-32-43(39-20-7-2-8-21-39)37-49(52)40-22-9-3-10-23-40/h1-37H/i1D,2D,3D,7D,8D,9D,10D,13D,14D,15D,16D,20D,21D,22D,23D,28D,29D,30D,31D,32D,33D,34D,35D,37D. The Morgan fingerprint density at radius 3 is 1.63 bits per heavy atom. The average molecular weight is 816 g/mol. The molecule has 0 radical (unpaired) electrons. The van der Waals surface area contributed by atoms with Gasteiger partial charge in [-0.1, -0.05) is 194 Å². The Hall–Kier alpha value is -8.41. The van der Waals surface area contributed by atoms with Gasteiger partial charge in [0.15, 0.2) is 11.6 Å². The summed E-state index contributed by atoms with van der Waals surface area (Å²) >= 11 is 0. The summed E-state index contributed by atoms with van der Waals surface area (Å²) in [6, 6.07) is 1.21. The molecule has 9 aromatic carbocycles. The van der Waals surface area contributed by atoms with Crippen molar-refractivity contribution in [2.45, 2.75) is 0 Å². The van der Waals surface area contributed by atoms with E-state index in [-0.39, 0.29) is 17.7 Å². The molecule has 5 nitrogen and oxygen atoms in total. The summed E-state index contributed by atoms with van der Waals surface area (Å²) < 4.78 is 223. The van der Waals surface area contributed by atoms with Crippen molar-refractivity contribution in [2.75, 3.05) is 0 Å². The van der Waals surface area contributed by atoms with Crippen LogP contribution in [0.4, 0.5) is 0 Å². The summed E-state index contributed by atoms with van der Waals surface area (Å²) in [5, 5.41) is -1.93. The fourth-order valence-electron chi connectivity index (χ4n) is 7.58. The lowest BCUT2D eigenvalue weighted by Gasteiger charge is -2.17. The third kappa shape index (κ3) is 5.90. The molecule has 0 fully saturated rings. The molecule has 12 aromatic rings. The zero-order valence-electron chi connectivity index (χ0n) is 55.7. The van der Waals surface area contributed by atoms with E-state index in [4.69, 9.17) is 32.8 Å². The highest BCUT2D eigenvalue weighted by atomic mass is 15.2. The summed E-state index contributed by atoms with van der Waals surface area (Å²) in [6.45, 7) is 0. The molecule has 0 saturated carbocycles. The van der Waals surface area contributed by atoms with Crippen molar-refractivity contribution in [3.63, 3.8) is 0 Å². The minimum Gasteiger partial charge on any atom is -0.307 e. The number of fused-ring (bicyclic) bond motifs is 7. The van der Waals surface area contributed by atoms with Crippen LogP contribution in [0.2, 0.25) is 0 Å².